The molecule has 0 bridgehead atoms. The molecule has 1 amide bonds. The summed E-state index contributed by atoms with van der Waals surface area (Å²) in [5.41, 5.74) is 4.32. The molecule has 3 aromatic rings. The van der Waals surface area contributed by atoms with Crippen LogP contribution in [0, 0.1) is 13.8 Å². The van der Waals surface area contributed by atoms with Crippen LogP contribution in [0.15, 0.2) is 29.6 Å². The van der Waals surface area contributed by atoms with Crippen molar-refractivity contribution < 1.29 is 4.79 Å². The Morgan fingerprint density at radius 1 is 1.30 bits per heavy atom. The van der Waals surface area contributed by atoms with E-state index in [4.69, 9.17) is 0 Å². The first-order chi connectivity index (χ1) is 11.1. The zero-order valence-electron chi connectivity index (χ0n) is 13.1. The van der Waals surface area contributed by atoms with E-state index in [9.17, 15) is 4.79 Å². The fourth-order valence-corrected chi connectivity index (χ4v) is 2.88. The molecule has 118 valence electrons. The molecule has 2 heterocycles. The maximum Gasteiger partial charge on any atom is 0.234 e. The monoisotopic (exact) mass is 328 g/mol. The summed E-state index contributed by atoms with van der Waals surface area (Å²) < 4.78 is 1.58. The van der Waals surface area contributed by atoms with Crippen molar-refractivity contribution in [1.82, 2.24) is 25.0 Å². The lowest BCUT2D eigenvalue weighted by Gasteiger charge is -2.10. The van der Waals surface area contributed by atoms with Crippen LogP contribution in [0.2, 0.25) is 0 Å². The largest absolute Gasteiger partial charge is 0.325 e. The van der Waals surface area contributed by atoms with Crippen LogP contribution in [-0.2, 0) is 11.8 Å². The van der Waals surface area contributed by atoms with Gasteiger partial charge in [0.2, 0.25) is 5.91 Å². The molecular formula is C15H16N6OS. The Balaban J connectivity index is 1.70. The molecule has 0 aliphatic heterocycles. The van der Waals surface area contributed by atoms with Crippen molar-refractivity contribution in [2.24, 2.45) is 7.05 Å². The second kappa shape index (κ2) is 6.33. The Morgan fingerprint density at radius 3 is 2.96 bits per heavy atom. The molecule has 2 aromatic heterocycles. The Bertz CT molecular complexity index is 876. The molecule has 8 heteroatoms. The molecule has 1 aromatic carbocycles. The van der Waals surface area contributed by atoms with Crippen molar-refractivity contribution in [1.29, 1.82) is 0 Å². The van der Waals surface area contributed by atoms with Gasteiger partial charge < -0.3 is 5.32 Å². The molecule has 0 saturated carbocycles. The molecule has 7 nitrogen and oxygen atoms in total. The molecule has 1 N–H and O–H groups in total. The number of aryl methyl sites for hydroxylation is 2. The highest BCUT2D eigenvalue weighted by Crippen LogP contribution is 2.23. The quantitative estimate of drug-likeness (QED) is 0.583. The minimum Gasteiger partial charge on any atom is -0.325 e. The van der Waals surface area contributed by atoms with Crippen molar-refractivity contribution in [3.63, 3.8) is 0 Å². The number of carbonyl (C=O) groups is 1. The maximum absolute atomic E-state index is 12.2. The van der Waals surface area contributed by atoms with Crippen LogP contribution in [0.5, 0.6) is 0 Å². The summed E-state index contributed by atoms with van der Waals surface area (Å²) in [7, 11) is 1.77. The van der Waals surface area contributed by atoms with Gasteiger partial charge in [-0.15, -0.1) is 5.10 Å². The molecule has 0 saturated heterocycles. The third-order valence-electron chi connectivity index (χ3n) is 3.57. The third kappa shape index (κ3) is 3.16. The topological polar surface area (TPSA) is 85.6 Å². The van der Waals surface area contributed by atoms with Gasteiger partial charge in [0.15, 0.2) is 11.2 Å². The molecule has 0 spiro atoms. The van der Waals surface area contributed by atoms with E-state index < -0.39 is 0 Å². The molecule has 23 heavy (non-hydrogen) atoms. The summed E-state index contributed by atoms with van der Waals surface area (Å²) in [4.78, 5) is 20.5. The van der Waals surface area contributed by atoms with Gasteiger partial charge in [0.1, 0.15) is 11.4 Å². The van der Waals surface area contributed by atoms with E-state index >= 15 is 0 Å². The molecule has 3 rings (SSSR count). The molecule has 0 unspecified atom stereocenters. The van der Waals surface area contributed by atoms with E-state index in [0.717, 1.165) is 16.8 Å². The molecule has 0 fully saturated rings. The van der Waals surface area contributed by atoms with Gasteiger partial charge >= 0.3 is 0 Å². The lowest BCUT2D eigenvalue weighted by molar-refractivity contribution is -0.113. The third-order valence-corrected chi connectivity index (χ3v) is 4.55. The number of fused-ring (bicyclic) bond motifs is 1. The van der Waals surface area contributed by atoms with Gasteiger partial charge in [-0.3, -0.25) is 4.79 Å². The standard InChI is InChI=1S/C15H16N6OS/c1-9-5-4-6-11(10(9)2)18-12(22)7-23-15-13-14(16-8-17-15)21(3)20-19-13/h4-6,8H,7H2,1-3H3,(H,18,22). The number of nitrogens with zero attached hydrogens (tertiary/aromatic N) is 5. The highest BCUT2D eigenvalue weighted by molar-refractivity contribution is 8.00. The van der Waals surface area contributed by atoms with Crippen LogP contribution in [0.1, 0.15) is 11.1 Å². The van der Waals surface area contributed by atoms with Gasteiger partial charge in [-0.1, -0.05) is 29.1 Å². The highest BCUT2D eigenvalue weighted by Gasteiger charge is 2.12. The number of hydrogen-bond donors (Lipinski definition) is 1. The predicted octanol–water partition coefficient (Wildman–Crippen LogP) is 2.11. The number of thioether (sulfide) groups is 1. The smallest absolute Gasteiger partial charge is 0.234 e. The fraction of sp³-hybridized carbons (Fsp3) is 0.267. The van der Waals surface area contributed by atoms with Crippen LogP contribution >= 0.6 is 11.8 Å². The van der Waals surface area contributed by atoms with Crippen molar-refractivity contribution >= 4 is 34.5 Å². The number of nitrogens with one attached hydrogen (secondary N) is 1. The van der Waals surface area contributed by atoms with E-state index in [0.29, 0.717) is 16.2 Å². The average Bonchev–Trinajstić information content (AvgIpc) is 2.92. The first-order valence-corrected chi connectivity index (χ1v) is 8.04. The fourth-order valence-electron chi connectivity index (χ4n) is 2.14. The van der Waals surface area contributed by atoms with Gasteiger partial charge in [0, 0.05) is 12.7 Å². The number of benzene rings is 1. The Kier molecular flexibility index (Phi) is 4.24. The molecule has 0 aliphatic carbocycles. The molecule has 0 aliphatic rings. The second-order valence-corrected chi connectivity index (χ2v) is 6.11. The van der Waals surface area contributed by atoms with Gasteiger partial charge in [-0.05, 0) is 31.0 Å². The number of anilines is 1. The van der Waals surface area contributed by atoms with Crippen LogP contribution in [0.25, 0.3) is 11.2 Å². The van der Waals surface area contributed by atoms with E-state index in [1.54, 1.807) is 11.7 Å². The Labute approximate surface area is 137 Å². The van der Waals surface area contributed by atoms with Gasteiger partial charge in [0.25, 0.3) is 0 Å². The van der Waals surface area contributed by atoms with E-state index in [1.165, 1.54) is 18.1 Å². The first-order valence-electron chi connectivity index (χ1n) is 7.05. The lowest BCUT2D eigenvalue weighted by atomic mass is 10.1. The average molecular weight is 328 g/mol. The number of hydrogen-bond acceptors (Lipinski definition) is 6. The SMILES string of the molecule is Cc1cccc(NC(=O)CSc2ncnc3c2nnn3C)c1C. The van der Waals surface area contributed by atoms with E-state index in [2.05, 4.69) is 25.6 Å². The minimum absolute atomic E-state index is 0.0839. The van der Waals surface area contributed by atoms with Crippen LogP contribution < -0.4 is 5.32 Å². The van der Waals surface area contributed by atoms with E-state index in [1.807, 2.05) is 32.0 Å². The van der Waals surface area contributed by atoms with Gasteiger partial charge in [-0.2, -0.15) is 0 Å². The zero-order valence-corrected chi connectivity index (χ0v) is 13.9. The zero-order chi connectivity index (χ0) is 16.4. The van der Waals surface area contributed by atoms with Crippen molar-refractivity contribution in [2.75, 3.05) is 11.1 Å². The van der Waals surface area contributed by atoms with Crippen LogP contribution in [0.4, 0.5) is 5.69 Å². The predicted molar refractivity (Wildman–Crippen MR) is 89.4 cm³/mol. The second-order valence-electron chi connectivity index (χ2n) is 5.15. The van der Waals surface area contributed by atoms with Crippen molar-refractivity contribution in [2.45, 2.75) is 18.9 Å². The van der Waals surface area contributed by atoms with Crippen LogP contribution in [0.3, 0.4) is 0 Å². The number of amides is 1. The van der Waals surface area contributed by atoms with Gasteiger partial charge in [0.05, 0.1) is 5.75 Å². The summed E-state index contributed by atoms with van der Waals surface area (Å²) >= 11 is 1.32. The molecule has 0 atom stereocenters. The van der Waals surface area contributed by atoms with Gasteiger partial charge in [-0.25, -0.2) is 14.6 Å². The summed E-state index contributed by atoms with van der Waals surface area (Å²) in [6.07, 6.45) is 1.45. The molecular weight excluding hydrogens is 312 g/mol. The number of carbonyl (C=O) groups excluding carboxylic acids is 1. The summed E-state index contributed by atoms with van der Waals surface area (Å²) in [6, 6.07) is 5.85. The minimum atomic E-state index is -0.0839. The number of rotatable bonds is 4. The highest BCUT2D eigenvalue weighted by atomic mass is 32.2. The Morgan fingerprint density at radius 2 is 2.13 bits per heavy atom. The van der Waals surface area contributed by atoms with E-state index in [-0.39, 0.29) is 11.7 Å². The van der Waals surface area contributed by atoms with Crippen molar-refractivity contribution in [3.05, 3.63) is 35.7 Å². The molecule has 0 radical (unpaired) electrons. The van der Waals surface area contributed by atoms with Crippen LogP contribution in [-0.4, -0.2) is 36.6 Å². The first kappa shape index (κ1) is 15.4. The Hall–Kier alpha value is -2.48. The number of aromatic nitrogens is 5. The van der Waals surface area contributed by atoms with Crippen molar-refractivity contribution in [3.8, 4) is 0 Å². The normalized spacial score (nSPS) is 10.9. The summed E-state index contributed by atoms with van der Waals surface area (Å²) in [6.45, 7) is 4.01. The summed E-state index contributed by atoms with van der Waals surface area (Å²) in [5.74, 6) is 0.162. The maximum atomic E-state index is 12.2. The lowest BCUT2D eigenvalue weighted by Crippen LogP contribution is -2.15. The summed E-state index contributed by atoms with van der Waals surface area (Å²) in [5, 5.41) is 11.5.